The molecule has 25 heavy (non-hydrogen) atoms. The molecule has 2 aromatic carbocycles. The van der Waals surface area contributed by atoms with Crippen LogP contribution in [0.4, 0.5) is 5.69 Å². The van der Waals surface area contributed by atoms with Gasteiger partial charge in [-0.15, -0.1) is 0 Å². The Bertz CT molecular complexity index is 991. The number of nitrogens with one attached hydrogen (secondary N) is 2. The second-order valence-electron chi connectivity index (χ2n) is 5.79. The molecule has 1 aromatic heterocycles. The number of H-pyrrole nitrogens is 1. The van der Waals surface area contributed by atoms with Crippen molar-refractivity contribution in [2.45, 2.75) is 13.5 Å². The minimum Gasteiger partial charge on any atom is -0.496 e. The van der Waals surface area contributed by atoms with Gasteiger partial charge in [0.05, 0.1) is 12.6 Å². The number of fused-ring (bicyclic) bond motifs is 1. The highest BCUT2D eigenvalue weighted by atomic mass is 16.5. The Balaban J connectivity index is 1.87. The summed E-state index contributed by atoms with van der Waals surface area (Å²) in [6.07, 6.45) is 0. The smallest absolute Gasteiger partial charge is 0.261 e. The lowest BCUT2D eigenvalue weighted by atomic mass is 10.1. The van der Waals surface area contributed by atoms with Gasteiger partial charge in [0.25, 0.3) is 11.5 Å². The Morgan fingerprint density at radius 2 is 1.92 bits per heavy atom. The summed E-state index contributed by atoms with van der Waals surface area (Å²) in [6, 6.07) is 12.4. The molecule has 0 aliphatic heterocycles. The van der Waals surface area contributed by atoms with Gasteiger partial charge in [0.15, 0.2) is 0 Å². The van der Waals surface area contributed by atoms with Crippen molar-refractivity contribution in [1.29, 1.82) is 0 Å². The maximum atomic E-state index is 12.4. The average Bonchev–Trinajstić information content (AvgIpc) is 2.61. The quantitative estimate of drug-likeness (QED) is 0.637. The topological polar surface area (TPSA) is 97.2 Å². The molecular formula is C19H19N3O3. The number of carbonyl (C=O) groups is 1. The predicted octanol–water partition coefficient (Wildman–Crippen LogP) is 2.36. The van der Waals surface area contributed by atoms with Gasteiger partial charge in [0.1, 0.15) is 11.3 Å². The Labute approximate surface area is 144 Å². The van der Waals surface area contributed by atoms with Gasteiger partial charge < -0.3 is 20.8 Å². The number of hydrogen-bond acceptors (Lipinski definition) is 4. The number of carbonyl (C=O) groups excluding carboxylic acids is 1. The van der Waals surface area contributed by atoms with Crippen molar-refractivity contribution < 1.29 is 9.53 Å². The average molecular weight is 337 g/mol. The van der Waals surface area contributed by atoms with Gasteiger partial charge >= 0.3 is 0 Å². The maximum absolute atomic E-state index is 12.4. The lowest BCUT2D eigenvalue weighted by molar-refractivity contribution is 0.0949. The third-order valence-corrected chi connectivity index (χ3v) is 4.13. The van der Waals surface area contributed by atoms with Gasteiger partial charge in [-0.3, -0.25) is 9.59 Å². The summed E-state index contributed by atoms with van der Waals surface area (Å²) in [5, 5.41) is 3.53. The van der Waals surface area contributed by atoms with Gasteiger partial charge in [-0.2, -0.15) is 0 Å². The molecule has 0 aliphatic carbocycles. The summed E-state index contributed by atoms with van der Waals surface area (Å²) in [6.45, 7) is 2.18. The Morgan fingerprint density at radius 3 is 2.60 bits per heavy atom. The van der Waals surface area contributed by atoms with Crippen LogP contribution >= 0.6 is 0 Å². The molecule has 0 bridgehead atoms. The lowest BCUT2D eigenvalue weighted by Gasteiger charge is -2.10. The van der Waals surface area contributed by atoms with Crippen LogP contribution in [-0.4, -0.2) is 18.0 Å². The maximum Gasteiger partial charge on any atom is 0.261 e. The van der Waals surface area contributed by atoms with E-state index >= 15 is 0 Å². The second kappa shape index (κ2) is 6.68. The molecule has 0 aliphatic rings. The molecule has 0 radical (unpaired) electrons. The zero-order chi connectivity index (χ0) is 18.0. The second-order valence-corrected chi connectivity index (χ2v) is 5.79. The molecule has 1 heterocycles. The highest BCUT2D eigenvalue weighted by Gasteiger charge is 2.13. The van der Waals surface area contributed by atoms with E-state index < -0.39 is 11.5 Å². The van der Waals surface area contributed by atoms with Crippen molar-refractivity contribution in [3.8, 4) is 5.75 Å². The third kappa shape index (κ3) is 3.33. The first kappa shape index (κ1) is 16.6. The number of aromatic amines is 1. The number of rotatable bonds is 4. The van der Waals surface area contributed by atoms with Crippen LogP contribution in [-0.2, 0) is 6.54 Å². The summed E-state index contributed by atoms with van der Waals surface area (Å²) in [4.78, 5) is 27.5. The van der Waals surface area contributed by atoms with Crippen LogP contribution in [0.2, 0.25) is 0 Å². The number of aryl methyl sites for hydroxylation is 1. The van der Waals surface area contributed by atoms with E-state index in [0.717, 1.165) is 16.5 Å². The number of aromatic nitrogens is 1. The monoisotopic (exact) mass is 337 g/mol. The Morgan fingerprint density at radius 1 is 1.20 bits per heavy atom. The molecule has 4 N–H and O–H groups in total. The molecule has 6 heteroatoms. The van der Waals surface area contributed by atoms with Crippen molar-refractivity contribution in [2.24, 2.45) is 0 Å². The number of amides is 1. The zero-order valence-corrected chi connectivity index (χ0v) is 14.1. The molecule has 0 saturated heterocycles. The molecule has 0 atom stereocenters. The van der Waals surface area contributed by atoms with Crippen molar-refractivity contribution in [3.63, 3.8) is 0 Å². The summed E-state index contributed by atoms with van der Waals surface area (Å²) in [7, 11) is 1.57. The zero-order valence-electron chi connectivity index (χ0n) is 14.1. The number of methoxy groups -OCH3 is 1. The molecule has 3 rings (SSSR count). The summed E-state index contributed by atoms with van der Waals surface area (Å²) >= 11 is 0. The number of nitrogens with two attached hydrogens (primary N) is 1. The molecule has 128 valence electrons. The van der Waals surface area contributed by atoms with Crippen LogP contribution in [0.3, 0.4) is 0 Å². The normalized spacial score (nSPS) is 10.6. The molecule has 0 unspecified atom stereocenters. The molecule has 0 saturated carbocycles. The van der Waals surface area contributed by atoms with E-state index in [1.165, 1.54) is 0 Å². The third-order valence-electron chi connectivity index (χ3n) is 4.13. The fraction of sp³-hybridized carbons (Fsp3) is 0.158. The Kier molecular flexibility index (Phi) is 4.43. The van der Waals surface area contributed by atoms with Crippen molar-refractivity contribution in [2.75, 3.05) is 12.8 Å². The number of anilines is 1. The standard InChI is InChI=1S/C19H19N3O3/c1-11-16(25-2)8-5-13-9-15(19(24)22-17(11)13)18(23)21-10-12-3-6-14(20)7-4-12/h3-9H,10,20H2,1-2H3,(H,21,23)(H,22,24). The molecule has 3 aromatic rings. The number of benzene rings is 2. The van der Waals surface area contributed by atoms with Crippen LogP contribution in [0.15, 0.2) is 47.3 Å². The van der Waals surface area contributed by atoms with Gasteiger partial charge in [-0.05, 0) is 48.2 Å². The first-order valence-electron chi connectivity index (χ1n) is 7.83. The van der Waals surface area contributed by atoms with Crippen LogP contribution < -0.4 is 21.3 Å². The lowest BCUT2D eigenvalue weighted by Crippen LogP contribution is -2.29. The van der Waals surface area contributed by atoms with Crippen LogP contribution in [0, 0.1) is 6.92 Å². The van der Waals surface area contributed by atoms with E-state index in [4.69, 9.17) is 10.5 Å². The van der Waals surface area contributed by atoms with Crippen LogP contribution in [0.5, 0.6) is 5.75 Å². The van der Waals surface area contributed by atoms with E-state index in [2.05, 4.69) is 10.3 Å². The molecule has 6 nitrogen and oxygen atoms in total. The van der Waals surface area contributed by atoms with Crippen molar-refractivity contribution in [3.05, 3.63) is 69.5 Å². The number of nitrogen functional groups attached to an aromatic ring is 1. The van der Waals surface area contributed by atoms with E-state index in [1.54, 1.807) is 25.3 Å². The summed E-state index contributed by atoms with van der Waals surface area (Å²) < 4.78 is 5.26. The highest BCUT2D eigenvalue weighted by Crippen LogP contribution is 2.25. The van der Waals surface area contributed by atoms with E-state index in [1.807, 2.05) is 31.2 Å². The Hall–Kier alpha value is -3.28. The van der Waals surface area contributed by atoms with E-state index in [9.17, 15) is 9.59 Å². The fourth-order valence-corrected chi connectivity index (χ4v) is 2.70. The molecule has 0 fully saturated rings. The van der Waals surface area contributed by atoms with Crippen LogP contribution in [0.1, 0.15) is 21.5 Å². The number of pyridine rings is 1. The number of hydrogen-bond donors (Lipinski definition) is 3. The summed E-state index contributed by atoms with van der Waals surface area (Å²) in [5.74, 6) is 0.261. The first-order valence-corrected chi connectivity index (χ1v) is 7.83. The predicted molar refractivity (Wildman–Crippen MR) is 97.9 cm³/mol. The van der Waals surface area contributed by atoms with Crippen LogP contribution in [0.25, 0.3) is 10.9 Å². The number of ether oxygens (including phenoxy) is 1. The van der Waals surface area contributed by atoms with E-state index in [0.29, 0.717) is 23.5 Å². The van der Waals surface area contributed by atoms with Gasteiger partial charge in [-0.25, -0.2) is 0 Å². The molecule has 1 amide bonds. The SMILES string of the molecule is COc1ccc2cc(C(=O)NCc3ccc(N)cc3)c(=O)[nH]c2c1C. The largest absolute Gasteiger partial charge is 0.496 e. The highest BCUT2D eigenvalue weighted by molar-refractivity contribution is 5.97. The minimum atomic E-state index is -0.432. The van der Waals surface area contributed by atoms with E-state index in [-0.39, 0.29) is 5.56 Å². The van der Waals surface area contributed by atoms with Gasteiger partial charge in [-0.1, -0.05) is 12.1 Å². The molecule has 0 spiro atoms. The van der Waals surface area contributed by atoms with Gasteiger partial charge in [0.2, 0.25) is 0 Å². The van der Waals surface area contributed by atoms with Gasteiger partial charge in [0, 0.05) is 17.8 Å². The van der Waals surface area contributed by atoms with Crippen molar-refractivity contribution in [1.82, 2.24) is 10.3 Å². The van der Waals surface area contributed by atoms with Crippen molar-refractivity contribution >= 4 is 22.5 Å². The fourth-order valence-electron chi connectivity index (χ4n) is 2.70. The minimum absolute atomic E-state index is 0.0764. The molecular weight excluding hydrogens is 318 g/mol. The first-order chi connectivity index (χ1) is 12.0. The summed E-state index contributed by atoms with van der Waals surface area (Å²) in [5.41, 5.74) is 8.34.